The smallest absolute Gasteiger partial charge is 0.258 e. The molecule has 0 aliphatic heterocycles. The third kappa shape index (κ3) is 2.26. The molecule has 22 heavy (non-hydrogen) atoms. The zero-order chi connectivity index (χ0) is 14.8. The summed E-state index contributed by atoms with van der Waals surface area (Å²) in [6.07, 6.45) is 6.37. The fraction of sp³-hybridized carbons (Fsp3) is 0. The van der Waals surface area contributed by atoms with Crippen LogP contribution in [0.2, 0.25) is 0 Å². The van der Waals surface area contributed by atoms with E-state index in [1.807, 2.05) is 36.4 Å². The Labute approximate surface area is 125 Å². The average Bonchev–Trinajstić information content (AvgIpc) is 3.28. The summed E-state index contributed by atoms with van der Waals surface area (Å²) >= 11 is 0. The van der Waals surface area contributed by atoms with Crippen molar-refractivity contribution >= 4 is 0 Å². The zero-order valence-corrected chi connectivity index (χ0v) is 11.4. The SMILES string of the molecule is c1cc(-c2cocn2)cc(-c2nc(-c3ccncc3)no2)c1. The number of nitrogens with zero attached hydrogens (tertiary/aromatic N) is 4. The Hall–Kier alpha value is -3.28. The quantitative estimate of drug-likeness (QED) is 0.575. The Kier molecular flexibility index (Phi) is 2.97. The highest BCUT2D eigenvalue weighted by molar-refractivity contribution is 5.67. The lowest BCUT2D eigenvalue weighted by atomic mass is 10.1. The highest BCUT2D eigenvalue weighted by atomic mass is 16.5. The molecule has 0 N–H and O–H groups in total. The Bertz CT molecular complexity index is 885. The molecule has 106 valence electrons. The van der Waals surface area contributed by atoms with Crippen LogP contribution < -0.4 is 0 Å². The lowest BCUT2D eigenvalue weighted by Crippen LogP contribution is -1.83. The van der Waals surface area contributed by atoms with E-state index in [1.165, 1.54) is 6.39 Å². The molecule has 3 aromatic heterocycles. The van der Waals surface area contributed by atoms with E-state index in [0.717, 1.165) is 22.4 Å². The number of pyridine rings is 1. The van der Waals surface area contributed by atoms with Crippen LogP contribution in [0.3, 0.4) is 0 Å². The number of oxazole rings is 1. The highest BCUT2D eigenvalue weighted by Gasteiger charge is 2.11. The van der Waals surface area contributed by atoms with Gasteiger partial charge in [0.25, 0.3) is 5.89 Å². The molecule has 0 atom stereocenters. The third-order valence-electron chi connectivity index (χ3n) is 3.20. The van der Waals surface area contributed by atoms with E-state index in [-0.39, 0.29) is 0 Å². The minimum Gasteiger partial charge on any atom is -0.451 e. The first kappa shape index (κ1) is 12.5. The number of aromatic nitrogens is 4. The Morgan fingerprint density at radius 1 is 0.909 bits per heavy atom. The third-order valence-corrected chi connectivity index (χ3v) is 3.20. The van der Waals surface area contributed by atoms with E-state index in [9.17, 15) is 0 Å². The number of hydrogen-bond donors (Lipinski definition) is 0. The van der Waals surface area contributed by atoms with Gasteiger partial charge >= 0.3 is 0 Å². The van der Waals surface area contributed by atoms with Gasteiger partial charge in [-0.3, -0.25) is 4.98 Å². The zero-order valence-electron chi connectivity index (χ0n) is 11.4. The summed E-state index contributed by atoms with van der Waals surface area (Å²) in [6.45, 7) is 0. The Morgan fingerprint density at radius 3 is 2.59 bits per heavy atom. The van der Waals surface area contributed by atoms with Crippen molar-refractivity contribution in [1.29, 1.82) is 0 Å². The molecule has 0 spiro atoms. The first-order valence-electron chi connectivity index (χ1n) is 6.63. The normalized spacial score (nSPS) is 10.7. The van der Waals surface area contributed by atoms with Gasteiger partial charge in [0.05, 0.1) is 0 Å². The van der Waals surface area contributed by atoms with Crippen molar-refractivity contribution in [2.24, 2.45) is 0 Å². The van der Waals surface area contributed by atoms with Crippen LogP contribution in [-0.4, -0.2) is 20.1 Å². The fourth-order valence-electron chi connectivity index (χ4n) is 2.13. The van der Waals surface area contributed by atoms with Gasteiger partial charge in [0.1, 0.15) is 12.0 Å². The van der Waals surface area contributed by atoms with Gasteiger partial charge in [0.2, 0.25) is 5.82 Å². The van der Waals surface area contributed by atoms with E-state index < -0.39 is 0 Å². The maximum Gasteiger partial charge on any atom is 0.258 e. The molecule has 4 rings (SSSR count). The van der Waals surface area contributed by atoms with Crippen LogP contribution in [0.15, 0.2) is 70.4 Å². The second-order valence-corrected chi connectivity index (χ2v) is 4.61. The molecule has 6 heteroatoms. The summed E-state index contributed by atoms with van der Waals surface area (Å²) in [6, 6.07) is 11.4. The highest BCUT2D eigenvalue weighted by Crippen LogP contribution is 2.26. The predicted molar refractivity (Wildman–Crippen MR) is 78.5 cm³/mol. The number of rotatable bonds is 3. The predicted octanol–water partition coefficient (Wildman–Crippen LogP) is 3.45. The molecular weight excluding hydrogens is 280 g/mol. The van der Waals surface area contributed by atoms with Gasteiger partial charge in [-0.05, 0) is 24.3 Å². The van der Waals surface area contributed by atoms with Crippen molar-refractivity contribution in [1.82, 2.24) is 20.1 Å². The lowest BCUT2D eigenvalue weighted by Gasteiger charge is -1.98. The summed E-state index contributed by atoms with van der Waals surface area (Å²) in [7, 11) is 0. The summed E-state index contributed by atoms with van der Waals surface area (Å²) in [5, 5.41) is 4.01. The van der Waals surface area contributed by atoms with Gasteiger partial charge in [-0.2, -0.15) is 4.98 Å². The molecule has 0 radical (unpaired) electrons. The molecule has 0 saturated carbocycles. The van der Waals surface area contributed by atoms with Crippen molar-refractivity contribution in [3.8, 4) is 34.1 Å². The summed E-state index contributed by atoms with van der Waals surface area (Å²) in [5.74, 6) is 0.987. The van der Waals surface area contributed by atoms with Gasteiger partial charge in [-0.1, -0.05) is 17.3 Å². The first-order valence-corrected chi connectivity index (χ1v) is 6.63. The minimum atomic E-state index is 0.456. The van der Waals surface area contributed by atoms with E-state index in [2.05, 4.69) is 20.1 Å². The molecule has 0 aliphatic rings. The lowest BCUT2D eigenvalue weighted by molar-refractivity contribution is 0.432. The molecule has 1 aromatic carbocycles. The average molecular weight is 290 g/mol. The van der Waals surface area contributed by atoms with Gasteiger partial charge < -0.3 is 8.94 Å². The van der Waals surface area contributed by atoms with Crippen LogP contribution in [0.4, 0.5) is 0 Å². The topological polar surface area (TPSA) is 77.8 Å². The van der Waals surface area contributed by atoms with Crippen LogP contribution in [0.5, 0.6) is 0 Å². The van der Waals surface area contributed by atoms with Crippen molar-refractivity contribution in [3.63, 3.8) is 0 Å². The van der Waals surface area contributed by atoms with E-state index in [0.29, 0.717) is 11.7 Å². The van der Waals surface area contributed by atoms with E-state index >= 15 is 0 Å². The van der Waals surface area contributed by atoms with Crippen molar-refractivity contribution in [2.75, 3.05) is 0 Å². The summed E-state index contributed by atoms with van der Waals surface area (Å²) in [5.41, 5.74) is 3.37. The molecular formula is C16H10N4O2. The number of hydrogen-bond acceptors (Lipinski definition) is 6. The van der Waals surface area contributed by atoms with Crippen LogP contribution in [0.1, 0.15) is 0 Å². The molecule has 6 nitrogen and oxygen atoms in total. The van der Waals surface area contributed by atoms with Crippen LogP contribution >= 0.6 is 0 Å². The van der Waals surface area contributed by atoms with Gasteiger partial charge in [0, 0.05) is 29.1 Å². The Morgan fingerprint density at radius 2 is 1.77 bits per heavy atom. The Balaban J connectivity index is 1.71. The second-order valence-electron chi connectivity index (χ2n) is 4.61. The fourth-order valence-corrected chi connectivity index (χ4v) is 2.13. The molecule has 0 fully saturated rings. The van der Waals surface area contributed by atoms with E-state index in [1.54, 1.807) is 18.7 Å². The summed E-state index contributed by atoms with van der Waals surface area (Å²) in [4.78, 5) is 12.5. The van der Waals surface area contributed by atoms with Crippen LogP contribution in [0.25, 0.3) is 34.1 Å². The molecule has 0 aliphatic carbocycles. The van der Waals surface area contributed by atoms with Gasteiger partial charge in [0.15, 0.2) is 6.39 Å². The number of benzene rings is 1. The monoisotopic (exact) mass is 290 g/mol. The van der Waals surface area contributed by atoms with Crippen molar-refractivity contribution in [3.05, 3.63) is 61.4 Å². The first-order chi connectivity index (χ1) is 10.9. The van der Waals surface area contributed by atoms with Crippen molar-refractivity contribution < 1.29 is 8.94 Å². The van der Waals surface area contributed by atoms with Crippen molar-refractivity contribution in [2.45, 2.75) is 0 Å². The standard InChI is InChI=1S/C16H10N4O2/c1-2-12(14-9-21-10-18-14)8-13(3-1)16-19-15(20-22-16)11-4-6-17-7-5-11/h1-10H. The molecule has 0 amide bonds. The molecule has 4 aromatic rings. The molecule has 3 heterocycles. The second kappa shape index (κ2) is 5.25. The van der Waals surface area contributed by atoms with Crippen LogP contribution in [0, 0.1) is 0 Å². The van der Waals surface area contributed by atoms with E-state index in [4.69, 9.17) is 8.94 Å². The minimum absolute atomic E-state index is 0.456. The largest absolute Gasteiger partial charge is 0.451 e. The maximum atomic E-state index is 5.35. The summed E-state index contributed by atoms with van der Waals surface area (Å²) < 4.78 is 10.4. The van der Waals surface area contributed by atoms with Gasteiger partial charge in [-0.15, -0.1) is 0 Å². The maximum absolute atomic E-state index is 5.35. The van der Waals surface area contributed by atoms with Crippen LogP contribution in [-0.2, 0) is 0 Å². The van der Waals surface area contributed by atoms with Gasteiger partial charge in [-0.25, -0.2) is 4.98 Å². The molecule has 0 unspecified atom stereocenters. The molecule has 0 bridgehead atoms. The molecule has 0 saturated heterocycles.